The molecule has 0 aromatic carbocycles. The molecular weight excluding hydrogens is 230 g/mol. The summed E-state index contributed by atoms with van der Waals surface area (Å²) >= 11 is 0. The Morgan fingerprint density at radius 2 is 2.00 bits per heavy atom. The van der Waals surface area contributed by atoms with Crippen LogP contribution in [0.1, 0.15) is 40.0 Å². The molecule has 2 heterocycles. The molecule has 0 radical (unpaired) electrons. The first-order valence-electron chi connectivity index (χ1n) is 7.01. The topological polar surface area (TPSA) is 38.3 Å². The molecule has 3 nitrogen and oxygen atoms in total. The van der Waals surface area contributed by atoms with Gasteiger partial charge in [-0.25, -0.2) is 4.79 Å². The maximum absolute atomic E-state index is 11.1. The minimum Gasteiger partial charge on any atom is -0.450 e. The van der Waals surface area contributed by atoms with Crippen LogP contribution in [0.3, 0.4) is 0 Å². The summed E-state index contributed by atoms with van der Waals surface area (Å²) in [7, 11) is -0.909. The van der Waals surface area contributed by atoms with Gasteiger partial charge >= 0.3 is 6.09 Å². The van der Waals surface area contributed by atoms with E-state index in [0.29, 0.717) is 6.61 Å². The third-order valence-electron chi connectivity index (χ3n) is 5.20. The lowest BCUT2D eigenvalue weighted by Gasteiger charge is -2.66. The Kier molecular flexibility index (Phi) is 3.81. The highest BCUT2D eigenvalue weighted by Crippen LogP contribution is 2.70. The summed E-state index contributed by atoms with van der Waals surface area (Å²) in [5, 5.41) is 2.83. The first-order chi connectivity index (χ1) is 8.11. The number of fused-ring (bicyclic) bond motifs is 1. The molecule has 2 aliphatic heterocycles. The van der Waals surface area contributed by atoms with Crippen molar-refractivity contribution in [3.05, 3.63) is 0 Å². The van der Waals surface area contributed by atoms with Gasteiger partial charge in [-0.2, -0.15) is 0 Å². The van der Waals surface area contributed by atoms with Crippen LogP contribution in [0.5, 0.6) is 0 Å². The van der Waals surface area contributed by atoms with Crippen LogP contribution in [0.15, 0.2) is 0 Å². The van der Waals surface area contributed by atoms with Gasteiger partial charge in [0.05, 0.1) is 14.7 Å². The van der Waals surface area contributed by atoms with Crippen molar-refractivity contribution in [1.82, 2.24) is 5.32 Å². The highest BCUT2D eigenvalue weighted by Gasteiger charge is 2.63. The van der Waals surface area contributed by atoms with E-state index < -0.39 is 8.07 Å². The molecule has 2 unspecified atom stereocenters. The molecular formula is C13H25NO2Si. The van der Waals surface area contributed by atoms with Gasteiger partial charge in [0.2, 0.25) is 0 Å². The molecule has 2 aliphatic rings. The lowest BCUT2D eigenvalue weighted by Crippen LogP contribution is -2.63. The molecule has 0 aliphatic carbocycles. The van der Waals surface area contributed by atoms with E-state index in [0.717, 1.165) is 29.6 Å². The van der Waals surface area contributed by atoms with E-state index in [1.54, 1.807) is 0 Å². The number of carbonyl (C=O) groups excluding carboxylic acids is 1. The maximum atomic E-state index is 11.1. The van der Waals surface area contributed by atoms with Gasteiger partial charge in [-0.1, -0.05) is 32.7 Å². The molecule has 2 atom stereocenters. The van der Waals surface area contributed by atoms with Crippen LogP contribution in [0.25, 0.3) is 0 Å². The van der Waals surface area contributed by atoms with Crippen LogP contribution in [-0.4, -0.2) is 27.3 Å². The SMILES string of the molecule is CCOC(=O)NCCC[Si]12C(C)CC1CC2C. The van der Waals surface area contributed by atoms with Gasteiger partial charge in [0.15, 0.2) is 0 Å². The van der Waals surface area contributed by atoms with Gasteiger partial charge in [-0.3, -0.25) is 0 Å². The average molecular weight is 255 g/mol. The fourth-order valence-corrected chi connectivity index (χ4v) is 11.2. The van der Waals surface area contributed by atoms with Crippen molar-refractivity contribution in [2.45, 2.75) is 62.7 Å². The maximum Gasteiger partial charge on any atom is 0.407 e. The number of hydrogen-bond donors (Lipinski definition) is 1. The second kappa shape index (κ2) is 5.00. The standard InChI is InChI=1S/C13H25NO2Si/c1-4-16-13(15)14-6-5-7-17-10(2)8-12(17)9-11(17)3/h10-12H,4-9H2,1-3H3,(H,14,15). The van der Waals surface area contributed by atoms with Crippen molar-refractivity contribution >= 4 is 14.2 Å². The Labute approximate surface area is 105 Å². The summed E-state index contributed by atoms with van der Waals surface area (Å²) in [6.45, 7) is 8.00. The van der Waals surface area contributed by atoms with E-state index in [4.69, 9.17) is 4.74 Å². The normalized spacial score (nSPS) is 38.6. The van der Waals surface area contributed by atoms with Gasteiger partial charge < -0.3 is 10.1 Å². The van der Waals surface area contributed by atoms with E-state index in [1.807, 2.05) is 6.92 Å². The fourth-order valence-electron chi connectivity index (χ4n) is 4.26. The zero-order valence-electron chi connectivity index (χ0n) is 11.3. The Morgan fingerprint density at radius 1 is 1.35 bits per heavy atom. The van der Waals surface area contributed by atoms with Crippen molar-refractivity contribution in [2.75, 3.05) is 13.2 Å². The van der Waals surface area contributed by atoms with Crippen molar-refractivity contribution in [3.63, 3.8) is 0 Å². The zero-order chi connectivity index (χ0) is 12.5. The molecule has 0 aromatic rings. The summed E-state index contributed by atoms with van der Waals surface area (Å²) in [4.78, 5) is 11.1. The number of ether oxygens (including phenoxy) is 1. The second-order valence-electron chi connectivity index (χ2n) is 5.83. The van der Waals surface area contributed by atoms with Crippen LogP contribution < -0.4 is 5.32 Å². The van der Waals surface area contributed by atoms with Crippen molar-refractivity contribution < 1.29 is 9.53 Å². The minimum absolute atomic E-state index is 0.258. The van der Waals surface area contributed by atoms with Crippen LogP contribution in [-0.2, 0) is 4.74 Å². The van der Waals surface area contributed by atoms with Crippen molar-refractivity contribution in [3.8, 4) is 0 Å². The van der Waals surface area contributed by atoms with Crippen LogP contribution in [0, 0.1) is 0 Å². The van der Waals surface area contributed by atoms with E-state index in [-0.39, 0.29) is 6.09 Å². The molecule has 98 valence electrons. The van der Waals surface area contributed by atoms with Gasteiger partial charge in [-0.15, -0.1) is 0 Å². The summed E-state index contributed by atoms with van der Waals surface area (Å²) in [5.41, 5.74) is 3.17. The molecule has 4 heteroatoms. The lowest BCUT2D eigenvalue weighted by molar-refractivity contribution is 0.152. The number of hydrogen-bond acceptors (Lipinski definition) is 2. The average Bonchev–Trinajstić information content (AvgIpc) is 2.28. The Bertz CT molecular complexity index is 274. The van der Waals surface area contributed by atoms with E-state index >= 15 is 0 Å². The summed E-state index contributed by atoms with van der Waals surface area (Å²) in [5.74, 6) is 0. The van der Waals surface area contributed by atoms with Gasteiger partial charge in [0.1, 0.15) is 0 Å². The fraction of sp³-hybridized carbons (Fsp3) is 0.923. The quantitative estimate of drug-likeness (QED) is 0.603. The molecule has 17 heavy (non-hydrogen) atoms. The number of alkyl carbamates (subject to hydrolysis) is 1. The van der Waals surface area contributed by atoms with Gasteiger partial charge in [0.25, 0.3) is 0 Å². The third kappa shape index (κ3) is 2.12. The van der Waals surface area contributed by atoms with Gasteiger partial charge in [-0.05, 0) is 30.0 Å². The number of rotatable bonds is 5. The molecule has 2 fully saturated rings. The van der Waals surface area contributed by atoms with Crippen molar-refractivity contribution in [2.24, 2.45) is 0 Å². The number of amides is 1. The summed E-state index contributed by atoms with van der Waals surface area (Å²) < 4.78 is 4.85. The lowest BCUT2D eigenvalue weighted by atomic mass is 10.1. The van der Waals surface area contributed by atoms with Gasteiger partial charge in [0, 0.05) is 6.54 Å². The Morgan fingerprint density at radius 3 is 2.47 bits per heavy atom. The molecule has 2 rings (SSSR count). The Hall–Kier alpha value is -0.513. The van der Waals surface area contributed by atoms with E-state index in [1.165, 1.54) is 18.9 Å². The van der Waals surface area contributed by atoms with Crippen LogP contribution >= 0.6 is 0 Å². The predicted octanol–water partition coefficient (Wildman–Crippen LogP) is 3.53. The number of nitrogens with one attached hydrogen (secondary N) is 1. The smallest absolute Gasteiger partial charge is 0.407 e. The third-order valence-corrected chi connectivity index (χ3v) is 12.6. The first kappa shape index (κ1) is 12.9. The second-order valence-corrected chi connectivity index (χ2v) is 11.3. The highest BCUT2D eigenvalue weighted by molar-refractivity contribution is 6.89. The van der Waals surface area contributed by atoms with E-state index in [9.17, 15) is 4.79 Å². The van der Waals surface area contributed by atoms with E-state index in [2.05, 4.69) is 19.2 Å². The molecule has 1 amide bonds. The predicted molar refractivity (Wildman–Crippen MR) is 72.0 cm³/mol. The zero-order valence-corrected chi connectivity index (χ0v) is 12.3. The van der Waals surface area contributed by atoms with Crippen LogP contribution in [0.4, 0.5) is 4.79 Å². The molecule has 0 aromatic heterocycles. The monoisotopic (exact) mass is 255 g/mol. The molecule has 0 bridgehead atoms. The Balaban J connectivity index is 1.67. The first-order valence-corrected chi connectivity index (χ1v) is 9.45. The van der Waals surface area contributed by atoms with Crippen molar-refractivity contribution in [1.29, 1.82) is 0 Å². The summed E-state index contributed by atoms with van der Waals surface area (Å²) in [6, 6.07) is 1.41. The molecule has 1 N–H and O–H groups in total. The largest absolute Gasteiger partial charge is 0.450 e. The number of carbonyl (C=O) groups is 1. The van der Waals surface area contributed by atoms with Crippen LogP contribution in [0.2, 0.25) is 22.7 Å². The highest BCUT2D eigenvalue weighted by atomic mass is 28.3. The minimum atomic E-state index is -0.909. The molecule has 0 spiro atoms. The molecule has 2 saturated heterocycles. The summed E-state index contributed by atoms with van der Waals surface area (Å²) in [6.07, 6.45) is 3.87. The molecule has 0 saturated carbocycles.